The summed E-state index contributed by atoms with van der Waals surface area (Å²) < 4.78 is 29.1. The van der Waals surface area contributed by atoms with Crippen molar-refractivity contribution in [3.8, 4) is 0 Å². The van der Waals surface area contributed by atoms with Crippen molar-refractivity contribution in [2.75, 3.05) is 64.4 Å². The fourth-order valence-corrected chi connectivity index (χ4v) is 5.13. The molecule has 0 amide bonds. The number of hydrogen-bond donors (Lipinski definition) is 1. The zero-order chi connectivity index (χ0) is 20.1. The molecule has 1 N–H and O–H groups in total. The summed E-state index contributed by atoms with van der Waals surface area (Å²) in [6.45, 7) is 9.30. The largest absolute Gasteiger partial charge is 0.370 e. The highest BCUT2D eigenvalue weighted by molar-refractivity contribution is 14.0. The van der Waals surface area contributed by atoms with Gasteiger partial charge in [-0.3, -0.25) is 9.89 Å². The fraction of sp³-hybridized carbons (Fsp3) is 0.650. The van der Waals surface area contributed by atoms with Gasteiger partial charge in [0.15, 0.2) is 15.8 Å². The molecule has 2 heterocycles. The van der Waals surface area contributed by atoms with Crippen LogP contribution >= 0.6 is 24.0 Å². The second kappa shape index (κ2) is 10.9. The number of sulfone groups is 1. The molecule has 2 aliphatic rings. The molecule has 7 nitrogen and oxygen atoms in total. The maximum Gasteiger partial charge on any atom is 0.193 e. The molecule has 0 saturated carbocycles. The van der Waals surface area contributed by atoms with Crippen molar-refractivity contribution in [2.24, 2.45) is 4.99 Å². The normalized spacial score (nSPS) is 22.8. The Morgan fingerprint density at radius 3 is 2.62 bits per heavy atom. The number of benzene rings is 1. The molecule has 2 saturated heterocycles. The summed E-state index contributed by atoms with van der Waals surface area (Å²) in [5.74, 6) is 1.41. The summed E-state index contributed by atoms with van der Waals surface area (Å²) in [7, 11) is -1.02. The first-order valence-electron chi connectivity index (χ1n) is 9.95. The molecule has 0 spiro atoms. The highest BCUT2D eigenvalue weighted by Crippen LogP contribution is 2.25. The van der Waals surface area contributed by atoms with Gasteiger partial charge >= 0.3 is 0 Å². The number of aliphatic imine (C=N–C) groups is 1. The summed E-state index contributed by atoms with van der Waals surface area (Å²) in [4.78, 5) is 8.88. The minimum absolute atomic E-state index is 0. The van der Waals surface area contributed by atoms with Crippen LogP contribution in [0.4, 0.5) is 0 Å². The second-order valence-electron chi connectivity index (χ2n) is 7.63. The summed E-state index contributed by atoms with van der Waals surface area (Å²) in [5.41, 5.74) is 3.76. The molecule has 0 radical (unpaired) electrons. The van der Waals surface area contributed by atoms with Crippen molar-refractivity contribution in [3.63, 3.8) is 0 Å². The SMILES string of the molecule is CN=C(NCCN1CCS(=O)(=O)CC1)N1CCOC(c2ccc(C)cc2C)C1.I. The predicted molar refractivity (Wildman–Crippen MR) is 128 cm³/mol. The molecule has 1 aromatic rings. The van der Waals surface area contributed by atoms with Gasteiger partial charge in [0, 0.05) is 39.8 Å². The third-order valence-corrected chi connectivity index (χ3v) is 7.11. The Kier molecular flexibility index (Phi) is 9.17. The van der Waals surface area contributed by atoms with Crippen LogP contribution in [0.15, 0.2) is 23.2 Å². The van der Waals surface area contributed by atoms with Crippen molar-refractivity contribution < 1.29 is 13.2 Å². The molecule has 0 aromatic heterocycles. The van der Waals surface area contributed by atoms with Gasteiger partial charge in [0.1, 0.15) is 6.10 Å². The highest BCUT2D eigenvalue weighted by Gasteiger charge is 2.26. The fourth-order valence-electron chi connectivity index (χ4n) is 3.85. The molecular weight excluding hydrogens is 503 g/mol. The van der Waals surface area contributed by atoms with E-state index >= 15 is 0 Å². The van der Waals surface area contributed by atoms with Gasteiger partial charge in [-0.15, -0.1) is 24.0 Å². The Bertz CT molecular complexity index is 802. The molecule has 3 rings (SSSR count). The van der Waals surface area contributed by atoms with Crippen LogP contribution in [-0.2, 0) is 14.6 Å². The molecule has 0 bridgehead atoms. The number of ether oxygens (including phenoxy) is 1. The van der Waals surface area contributed by atoms with E-state index < -0.39 is 9.84 Å². The van der Waals surface area contributed by atoms with Crippen LogP contribution in [0, 0.1) is 13.8 Å². The van der Waals surface area contributed by atoms with Gasteiger partial charge < -0.3 is 15.0 Å². The van der Waals surface area contributed by atoms with Crippen LogP contribution in [0.5, 0.6) is 0 Å². The average Bonchev–Trinajstić information content (AvgIpc) is 2.66. The summed E-state index contributed by atoms with van der Waals surface area (Å²) in [5, 5.41) is 3.43. The lowest BCUT2D eigenvalue weighted by molar-refractivity contribution is -0.00833. The van der Waals surface area contributed by atoms with E-state index in [1.165, 1.54) is 16.7 Å². The maximum atomic E-state index is 11.5. The van der Waals surface area contributed by atoms with E-state index in [4.69, 9.17) is 4.74 Å². The lowest BCUT2D eigenvalue weighted by Crippen LogP contribution is -2.50. The van der Waals surface area contributed by atoms with E-state index in [-0.39, 0.29) is 41.6 Å². The Hall–Kier alpha value is -0.910. The van der Waals surface area contributed by atoms with Crippen LogP contribution < -0.4 is 5.32 Å². The Morgan fingerprint density at radius 1 is 1.24 bits per heavy atom. The number of nitrogens with one attached hydrogen (secondary N) is 1. The number of aryl methyl sites for hydroxylation is 2. The van der Waals surface area contributed by atoms with E-state index in [2.05, 4.69) is 52.2 Å². The lowest BCUT2D eigenvalue weighted by atomic mass is 10.00. The van der Waals surface area contributed by atoms with Crippen LogP contribution in [0.25, 0.3) is 0 Å². The molecule has 164 valence electrons. The van der Waals surface area contributed by atoms with Crippen molar-refractivity contribution >= 4 is 39.8 Å². The van der Waals surface area contributed by atoms with Crippen LogP contribution in [0.1, 0.15) is 22.8 Å². The summed E-state index contributed by atoms with van der Waals surface area (Å²) in [6.07, 6.45) is 0.0419. The van der Waals surface area contributed by atoms with Gasteiger partial charge in [-0.05, 0) is 25.0 Å². The first-order chi connectivity index (χ1) is 13.4. The highest BCUT2D eigenvalue weighted by atomic mass is 127. The molecule has 2 fully saturated rings. The van der Waals surface area contributed by atoms with Gasteiger partial charge in [-0.1, -0.05) is 23.8 Å². The average molecular weight is 536 g/mol. The Balaban J connectivity index is 0.00000300. The van der Waals surface area contributed by atoms with Gasteiger partial charge in [0.2, 0.25) is 0 Å². The molecule has 1 unspecified atom stereocenters. The summed E-state index contributed by atoms with van der Waals surface area (Å²) >= 11 is 0. The minimum atomic E-state index is -2.83. The molecule has 9 heteroatoms. The summed E-state index contributed by atoms with van der Waals surface area (Å²) in [6, 6.07) is 6.50. The van der Waals surface area contributed by atoms with Crippen LogP contribution in [0.2, 0.25) is 0 Å². The van der Waals surface area contributed by atoms with Gasteiger partial charge in [0.05, 0.1) is 24.7 Å². The van der Waals surface area contributed by atoms with Crippen LogP contribution in [-0.4, -0.2) is 88.6 Å². The zero-order valence-corrected chi connectivity index (χ0v) is 20.7. The monoisotopic (exact) mass is 536 g/mol. The predicted octanol–water partition coefficient (Wildman–Crippen LogP) is 1.60. The first kappa shape index (κ1) is 24.4. The molecule has 1 atom stereocenters. The molecule has 2 aliphatic heterocycles. The van der Waals surface area contributed by atoms with E-state index in [1.807, 2.05) is 0 Å². The number of nitrogens with zero attached hydrogens (tertiary/aromatic N) is 3. The van der Waals surface area contributed by atoms with E-state index in [1.54, 1.807) is 7.05 Å². The van der Waals surface area contributed by atoms with E-state index in [0.29, 0.717) is 19.7 Å². The minimum Gasteiger partial charge on any atom is -0.370 e. The zero-order valence-electron chi connectivity index (χ0n) is 17.6. The Labute approximate surface area is 191 Å². The van der Waals surface area contributed by atoms with Crippen molar-refractivity contribution in [1.82, 2.24) is 15.1 Å². The smallest absolute Gasteiger partial charge is 0.193 e. The molecule has 1 aromatic carbocycles. The number of hydrogen-bond acceptors (Lipinski definition) is 5. The van der Waals surface area contributed by atoms with Gasteiger partial charge in [-0.25, -0.2) is 8.42 Å². The number of guanidine groups is 1. The van der Waals surface area contributed by atoms with Crippen molar-refractivity contribution in [1.29, 1.82) is 0 Å². The third-order valence-electron chi connectivity index (χ3n) is 5.50. The third kappa shape index (κ3) is 6.80. The second-order valence-corrected chi connectivity index (χ2v) is 9.94. The molecule has 0 aliphatic carbocycles. The number of rotatable bonds is 4. The quantitative estimate of drug-likeness (QED) is 0.358. The van der Waals surface area contributed by atoms with Gasteiger partial charge in [0.25, 0.3) is 0 Å². The van der Waals surface area contributed by atoms with E-state index in [0.717, 1.165) is 32.1 Å². The first-order valence-corrected chi connectivity index (χ1v) is 11.8. The topological polar surface area (TPSA) is 74.2 Å². The van der Waals surface area contributed by atoms with Crippen molar-refractivity contribution in [3.05, 3.63) is 34.9 Å². The van der Waals surface area contributed by atoms with Crippen LogP contribution in [0.3, 0.4) is 0 Å². The standard InChI is InChI=1S/C20H32N4O3S.HI/c1-16-4-5-18(17(2)14-16)19-15-24(8-11-27-19)20(21-3)22-6-7-23-9-12-28(25,26)13-10-23;/h4-5,14,19H,6-13,15H2,1-3H3,(H,21,22);1H. The van der Waals surface area contributed by atoms with E-state index in [9.17, 15) is 8.42 Å². The Morgan fingerprint density at radius 2 is 1.97 bits per heavy atom. The lowest BCUT2D eigenvalue weighted by Gasteiger charge is -2.36. The van der Waals surface area contributed by atoms with Crippen molar-refractivity contribution in [2.45, 2.75) is 20.0 Å². The maximum absolute atomic E-state index is 11.5. The van der Waals surface area contributed by atoms with Gasteiger partial charge in [-0.2, -0.15) is 0 Å². The number of halogens is 1. The molecular formula is C20H33IN4O3S. The molecule has 29 heavy (non-hydrogen) atoms. The number of morpholine rings is 1.